The molecule has 0 fully saturated rings. The first-order chi connectivity index (χ1) is 9.63. The predicted molar refractivity (Wildman–Crippen MR) is 76.2 cm³/mol. The zero-order valence-corrected chi connectivity index (χ0v) is 12.2. The molecule has 0 bridgehead atoms. The van der Waals surface area contributed by atoms with Crippen LogP contribution in [0.3, 0.4) is 0 Å². The van der Waals surface area contributed by atoms with Gasteiger partial charge in [0.2, 0.25) is 11.0 Å². The number of nitrogens with one attached hydrogen (secondary N) is 1. The molecule has 0 radical (unpaired) electrons. The molecule has 0 spiro atoms. The number of hydrogen-bond donors (Lipinski definition) is 1. The number of fused-ring (bicyclic) bond motifs is 1. The molecule has 1 aliphatic heterocycles. The molecular weight excluding hydrogens is 298 g/mol. The average molecular weight is 309 g/mol. The molecule has 1 N–H and O–H groups in total. The van der Waals surface area contributed by atoms with E-state index in [1.807, 2.05) is 6.92 Å². The van der Waals surface area contributed by atoms with Crippen molar-refractivity contribution < 1.29 is 4.79 Å². The Hall–Kier alpha value is -1.74. The Kier molecular flexibility index (Phi) is 3.53. The number of thioether (sulfide) groups is 1. The molecule has 20 heavy (non-hydrogen) atoms. The lowest BCUT2D eigenvalue weighted by Crippen LogP contribution is -2.26. The van der Waals surface area contributed by atoms with Crippen molar-refractivity contribution >= 4 is 34.1 Å². The van der Waals surface area contributed by atoms with Crippen molar-refractivity contribution in [3.63, 3.8) is 0 Å². The van der Waals surface area contributed by atoms with Crippen LogP contribution in [0.1, 0.15) is 17.5 Å². The topological polar surface area (TPSA) is 89.8 Å². The second kappa shape index (κ2) is 5.33. The Labute approximate surface area is 122 Å². The van der Waals surface area contributed by atoms with Gasteiger partial charge in [0.25, 0.3) is 5.56 Å². The average Bonchev–Trinajstić information content (AvgIpc) is 2.97. The third kappa shape index (κ3) is 2.59. The van der Waals surface area contributed by atoms with Gasteiger partial charge in [0.15, 0.2) is 5.16 Å². The lowest BCUT2D eigenvalue weighted by Gasteiger charge is -2.11. The zero-order chi connectivity index (χ0) is 14.1. The molecule has 2 aromatic heterocycles. The molecule has 3 rings (SSSR count). The summed E-state index contributed by atoms with van der Waals surface area (Å²) in [6.07, 6.45) is 1.72. The summed E-state index contributed by atoms with van der Waals surface area (Å²) in [6, 6.07) is 1.25. The van der Waals surface area contributed by atoms with Crippen molar-refractivity contribution in [3.8, 4) is 0 Å². The number of carbonyl (C=O) groups is 1. The summed E-state index contributed by atoms with van der Waals surface area (Å²) in [6.45, 7) is 1.82. The van der Waals surface area contributed by atoms with Crippen molar-refractivity contribution in [2.45, 2.75) is 24.5 Å². The predicted octanol–water partition coefficient (Wildman–Crippen LogP) is 1.08. The Balaban J connectivity index is 1.71. The summed E-state index contributed by atoms with van der Waals surface area (Å²) >= 11 is 2.81. The van der Waals surface area contributed by atoms with Gasteiger partial charge < -0.3 is 5.32 Å². The first kappa shape index (κ1) is 13.3. The van der Waals surface area contributed by atoms with Crippen molar-refractivity contribution in [2.24, 2.45) is 0 Å². The molecule has 0 aliphatic carbocycles. The van der Waals surface area contributed by atoms with Gasteiger partial charge in [-0.3, -0.25) is 14.2 Å². The summed E-state index contributed by atoms with van der Waals surface area (Å²) in [5.74, 6) is 0.504. The van der Waals surface area contributed by atoms with Gasteiger partial charge in [0, 0.05) is 24.4 Å². The van der Waals surface area contributed by atoms with E-state index < -0.39 is 0 Å². The maximum Gasteiger partial charge on any atom is 0.254 e. The highest BCUT2D eigenvalue weighted by Gasteiger charge is 2.26. The number of amides is 1. The highest BCUT2D eigenvalue weighted by Crippen LogP contribution is 2.31. The van der Waals surface area contributed by atoms with E-state index in [1.165, 1.54) is 35.4 Å². The second-order valence-electron chi connectivity index (χ2n) is 4.28. The van der Waals surface area contributed by atoms with Gasteiger partial charge in [0.1, 0.15) is 5.01 Å². The van der Waals surface area contributed by atoms with E-state index in [2.05, 4.69) is 20.5 Å². The number of nitrogens with zero attached hydrogens (tertiary/aromatic N) is 4. The minimum Gasteiger partial charge on any atom is -0.300 e. The molecule has 2 aromatic rings. The fraction of sp³-hybridized carbons (Fsp3) is 0.364. The Bertz CT molecular complexity index is 711. The van der Waals surface area contributed by atoms with Crippen molar-refractivity contribution in [1.82, 2.24) is 19.7 Å². The number of rotatable bonds is 3. The first-order valence-corrected chi connectivity index (χ1v) is 7.74. The molecule has 7 nitrogen and oxygen atoms in total. The lowest BCUT2D eigenvalue weighted by molar-refractivity contribution is -0.116. The Morgan fingerprint density at radius 3 is 3.15 bits per heavy atom. The van der Waals surface area contributed by atoms with Crippen molar-refractivity contribution in [1.29, 1.82) is 0 Å². The fourth-order valence-electron chi connectivity index (χ4n) is 1.97. The number of anilines is 1. The monoisotopic (exact) mass is 309 g/mol. The molecule has 9 heteroatoms. The van der Waals surface area contributed by atoms with Crippen LogP contribution < -0.4 is 10.9 Å². The van der Waals surface area contributed by atoms with Crippen LogP contribution in [0.2, 0.25) is 0 Å². The summed E-state index contributed by atoms with van der Waals surface area (Å²) in [7, 11) is 0. The maximum atomic E-state index is 12.0. The summed E-state index contributed by atoms with van der Waals surface area (Å²) in [5, 5.41) is 12.3. The van der Waals surface area contributed by atoms with E-state index in [1.54, 1.807) is 4.57 Å². The van der Waals surface area contributed by atoms with E-state index in [4.69, 9.17) is 0 Å². The molecule has 1 aliphatic rings. The minimum atomic E-state index is -0.171. The van der Waals surface area contributed by atoms with Crippen LogP contribution in [0.4, 0.5) is 5.13 Å². The lowest BCUT2D eigenvalue weighted by atomic mass is 10.2. The highest BCUT2D eigenvalue weighted by atomic mass is 32.2. The molecule has 1 unspecified atom stereocenters. The number of carbonyl (C=O) groups excluding carboxylic acids is 1. The maximum absolute atomic E-state index is 12.0. The smallest absolute Gasteiger partial charge is 0.254 e. The second-order valence-corrected chi connectivity index (χ2v) is 6.45. The fourth-order valence-corrected chi connectivity index (χ4v) is 3.70. The van der Waals surface area contributed by atoms with Crippen LogP contribution in [0.5, 0.6) is 0 Å². The van der Waals surface area contributed by atoms with E-state index in [9.17, 15) is 9.59 Å². The Morgan fingerprint density at radius 2 is 2.40 bits per heavy atom. The molecule has 0 aromatic carbocycles. The largest absolute Gasteiger partial charge is 0.300 e. The summed E-state index contributed by atoms with van der Waals surface area (Å²) < 4.78 is 1.58. The van der Waals surface area contributed by atoms with Gasteiger partial charge in [-0.15, -0.1) is 10.2 Å². The first-order valence-electron chi connectivity index (χ1n) is 5.94. The van der Waals surface area contributed by atoms with Crippen LogP contribution in [-0.4, -0.2) is 31.4 Å². The van der Waals surface area contributed by atoms with Crippen molar-refractivity contribution in [2.75, 3.05) is 11.1 Å². The van der Waals surface area contributed by atoms with E-state index >= 15 is 0 Å². The van der Waals surface area contributed by atoms with Crippen molar-refractivity contribution in [3.05, 3.63) is 27.6 Å². The Morgan fingerprint density at radius 1 is 1.55 bits per heavy atom. The minimum absolute atomic E-state index is 0.121. The molecule has 1 amide bonds. The zero-order valence-electron chi connectivity index (χ0n) is 10.6. The van der Waals surface area contributed by atoms with Crippen LogP contribution >= 0.6 is 23.1 Å². The van der Waals surface area contributed by atoms with E-state index in [0.29, 0.717) is 16.0 Å². The van der Waals surface area contributed by atoms with Gasteiger partial charge in [-0.2, -0.15) is 0 Å². The van der Waals surface area contributed by atoms with Gasteiger partial charge in [-0.25, -0.2) is 4.98 Å². The van der Waals surface area contributed by atoms with Crippen LogP contribution in [0.15, 0.2) is 22.2 Å². The van der Waals surface area contributed by atoms with E-state index in [0.717, 1.165) is 5.01 Å². The standard InChI is InChI=1S/C11H11N5O2S2/c1-6-14-15-10(20-6)13-8(17)4-7-5-19-11-12-3-2-9(18)16(7)11/h2-3,7H,4-5H2,1H3,(H,13,15,17). The van der Waals surface area contributed by atoms with Crippen LogP contribution in [-0.2, 0) is 4.79 Å². The number of aromatic nitrogens is 4. The molecule has 1 atom stereocenters. The normalized spacial score (nSPS) is 16.9. The van der Waals surface area contributed by atoms with Crippen LogP contribution in [0, 0.1) is 6.92 Å². The van der Waals surface area contributed by atoms with Gasteiger partial charge >= 0.3 is 0 Å². The summed E-state index contributed by atoms with van der Waals surface area (Å²) in [4.78, 5) is 27.9. The van der Waals surface area contributed by atoms with Gasteiger partial charge in [0.05, 0.1) is 6.04 Å². The third-order valence-corrected chi connectivity index (χ3v) is 4.67. The number of aryl methyl sites for hydroxylation is 1. The quantitative estimate of drug-likeness (QED) is 0.853. The van der Waals surface area contributed by atoms with E-state index in [-0.39, 0.29) is 23.9 Å². The SMILES string of the molecule is Cc1nnc(NC(=O)CC2CSc3nccc(=O)n32)s1. The summed E-state index contributed by atoms with van der Waals surface area (Å²) in [5.41, 5.74) is -0.121. The third-order valence-electron chi connectivity index (χ3n) is 2.81. The molecule has 104 valence electrons. The van der Waals surface area contributed by atoms with Gasteiger partial charge in [-0.05, 0) is 6.92 Å². The molecule has 3 heterocycles. The molecular formula is C11H11N5O2S2. The highest BCUT2D eigenvalue weighted by molar-refractivity contribution is 7.99. The molecule has 0 saturated heterocycles. The number of hydrogen-bond acceptors (Lipinski definition) is 7. The molecule has 0 saturated carbocycles. The van der Waals surface area contributed by atoms with Gasteiger partial charge in [-0.1, -0.05) is 23.1 Å². The van der Waals surface area contributed by atoms with Crippen LogP contribution in [0.25, 0.3) is 0 Å².